The number of nitrogens with two attached hydrogens (primary N) is 1. The molecule has 3 amide bonds. The molecule has 14 heteroatoms. The van der Waals surface area contributed by atoms with Gasteiger partial charge < -0.3 is 47.0 Å². The number of carboxylic acids is 1. The SMILES string of the molecule is NC(Cc1cnc[nH]1)C(=O)NC(Cc1ccc(O)cc1)C(=O)NC(Cc1ccc(O)cc1)C(=O)NC(Cc1c[nH]c2ccccc12)C(=O)O. The highest BCUT2D eigenvalue weighted by Gasteiger charge is 2.31. The van der Waals surface area contributed by atoms with E-state index in [9.17, 15) is 34.5 Å². The summed E-state index contributed by atoms with van der Waals surface area (Å²) in [4.78, 5) is 63.1. The Morgan fingerprint density at radius 1 is 0.694 bits per heavy atom. The predicted molar refractivity (Wildman–Crippen MR) is 179 cm³/mol. The highest BCUT2D eigenvalue weighted by molar-refractivity contribution is 5.94. The van der Waals surface area contributed by atoms with Crippen LogP contribution in [0.2, 0.25) is 0 Å². The van der Waals surface area contributed by atoms with E-state index in [2.05, 4.69) is 30.9 Å². The van der Waals surface area contributed by atoms with Crippen LogP contribution in [0.4, 0.5) is 0 Å². The molecule has 0 bridgehead atoms. The largest absolute Gasteiger partial charge is 0.508 e. The average Bonchev–Trinajstić information content (AvgIpc) is 3.75. The number of aliphatic carboxylic acids is 1. The normalized spacial score (nSPS) is 13.6. The molecule has 0 fully saturated rings. The summed E-state index contributed by atoms with van der Waals surface area (Å²) in [5.74, 6) is -3.37. The van der Waals surface area contributed by atoms with E-state index < -0.39 is 47.9 Å². The number of carbonyl (C=O) groups is 4. The number of nitrogens with one attached hydrogen (secondary N) is 5. The Balaban J connectivity index is 1.37. The molecule has 10 N–H and O–H groups in total. The van der Waals surface area contributed by atoms with Crippen LogP contribution >= 0.6 is 0 Å². The van der Waals surface area contributed by atoms with Crippen molar-refractivity contribution in [2.75, 3.05) is 0 Å². The lowest BCUT2D eigenvalue weighted by molar-refractivity contribution is -0.142. The van der Waals surface area contributed by atoms with Crippen molar-refractivity contribution in [3.05, 3.63) is 114 Å². The molecule has 0 saturated heterocycles. The second-order valence-corrected chi connectivity index (χ2v) is 11.7. The molecule has 254 valence electrons. The van der Waals surface area contributed by atoms with Crippen molar-refractivity contribution < 1.29 is 34.5 Å². The Bertz CT molecular complexity index is 1890. The van der Waals surface area contributed by atoms with E-state index in [-0.39, 0.29) is 37.2 Å². The summed E-state index contributed by atoms with van der Waals surface area (Å²) in [6.07, 6.45) is 4.70. The van der Waals surface area contributed by atoms with Crippen LogP contribution in [-0.4, -0.2) is 78.1 Å². The van der Waals surface area contributed by atoms with Gasteiger partial charge in [-0.05, 0) is 47.0 Å². The van der Waals surface area contributed by atoms with E-state index in [1.54, 1.807) is 30.5 Å². The molecule has 0 aliphatic carbocycles. The summed E-state index contributed by atoms with van der Waals surface area (Å²) in [7, 11) is 0. The van der Waals surface area contributed by atoms with Gasteiger partial charge in [0.2, 0.25) is 17.7 Å². The quantitative estimate of drug-likeness (QED) is 0.0784. The van der Waals surface area contributed by atoms with Crippen LogP contribution in [0.3, 0.4) is 0 Å². The first-order valence-corrected chi connectivity index (χ1v) is 15.5. The third kappa shape index (κ3) is 9.23. The standard InChI is InChI=1S/C35H37N7O7/c36-27(16-23-18-37-19-39-23)32(45)40-29(13-20-5-9-24(43)10-6-20)33(46)41-30(14-21-7-11-25(44)12-8-21)34(47)42-31(35(48)49)15-22-17-38-28-4-2-1-3-26(22)28/h1-12,17-19,27,29-31,38,43-44H,13-16,36H2,(H,37,39)(H,40,45)(H,41,46)(H,42,47)(H,48,49). The Labute approximate surface area is 280 Å². The second kappa shape index (κ2) is 15.6. The molecule has 0 saturated carbocycles. The number of hydrogen-bond donors (Lipinski definition) is 9. The molecule has 49 heavy (non-hydrogen) atoms. The third-order valence-corrected chi connectivity index (χ3v) is 8.06. The van der Waals surface area contributed by atoms with Gasteiger partial charge in [-0.25, -0.2) is 9.78 Å². The molecule has 2 heterocycles. The number of para-hydroxylation sites is 1. The predicted octanol–water partition coefficient (Wildman–Crippen LogP) is 1.44. The monoisotopic (exact) mass is 667 g/mol. The van der Waals surface area contributed by atoms with Crippen LogP contribution in [0, 0.1) is 0 Å². The zero-order chi connectivity index (χ0) is 34.9. The number of carboxylic acid groups (broad SMARTS) is 1. The van der Waals surface area contributed by atoms with Gasteiger partial charge in [-0.1, -0.05) is 42.5 Å². The van der Waals surface area contributed by atoms with E-state index >= 15 is 0 Å². The van der Waals surface area contributed by atoms with Gasteiger partial charge in [-0.3, -0.25) is 14.4 Å². The van der Waals surface area contributed by atoms with E-state index in [4.69, 9.17) is 5.73 Å². The van der Waals surface area contributed by atoms with Gasteiger partial charge in [-0.15, -0.1) is 0 Å². The summed E-state index contributed by atoms with van der Waals surface area (Å²) in [6.45, 7) is 0. The van der Waals surface area contributed by atoms with Gasteiger partial charge >= 0.3 is 5.97 Å². The number of hydrogen-bond acceptors (Lipinski definition) is 8. The van der Waals surface area contributed by atoms with Gasteiger partial charge in [0.1, 0.15) is 29.6 Å². The Hall–Kier alpha value is -6.15. The number of carbonyl (C=O) groups excluding carboxylic acids is 3. The molecule has 5 aromatic rings. The molecule has 0 aliphatic heterocycles. The topological polar surface area (TPSA) is 236 Å². The summed E-state index contributed by atoms with van der Waals surface area (Å²) >= 11 is 0. The zero-order valence-corrected chi connectivity index (χ0v) is 26.3. The minimum absolute atomic E-state index is 0.00148. The highest BCUT2D eigenvalue weighted by atomic mass is 16.4. The minimum Gasteiger partial charge on any atom is -0.508 e. The number of fused-ring (bicyclic) bond motifs is 1. The number of aromatic amines is 2. The van der Waals surface area contributed by atoms with Gasteiger partial charge in [0.25, 0.3) is 0 Å². The smallest absolute Gasteiger partial charge is 0.326 e. The van der Waals surface area contributed by atoms with Crippen molar-refractivity contribution in [1.82, 2.24) is 30.9 Å². The Morgan fingerprint density at radius 3 is 1.80 bits per heavy atom. The Kier molecular flexibility index (Phi) is 10.9. The van der Waals surface area contributed by atoms with Crippen LogP contribution < -0.4 is 21.7 Å². The second-order valence-electron chi connectivity index (χ2n) is 11.7. The van der Waals surface area contributed by atoms with E-state index in [0.29, 0.717) is 22.4 Å². The lowest BCUT2D eigenvalue weighted by atomic mass is 10.0. The van der Waals surface area contributed by atoms with Gasteiger partial charge in [0.05, 0.1) is 12.4 Å². The lowest BCUT2D eigenvalue weighted by Gasteiger charge is -2.25. The van der Waals surface area contributed by atoms with Crippen molar-refractivity contribution in [1.29, 1.82) is 0 Å². The number of imidazole rings is 1. The molecule has 0 aliphatic rings. The number of phenolic OH excluding ortho intramolecular Hbond substituents is 2. The third-order valence-electron chi connectivity index (χ3n) is 8.06. The van der Waals surface area contributed by atoms with E-state index in [1.165, 1.54) is 36.8 Å². The summed E-state index contributed by atoms with van der Waals surface area (Å²) in [5, 5.41) is 38.4. The molecule has 14 nitrogen and oxygen atoms in total. The first-order chi connectivity index (χ1) is 23.5. The molecule has 0 radical (unpaired) electrons. The molecule has 2 aromatic heterocycles. The summed E-state index contributed by atoms with van der Waals surface area (Å²) in [6, 6.07) is 14.6. The number of H-pyrrole nitrogens is 2. The molecular weight excluding hydrogens is 630 g/mol. The van der Waals surface area contributed by atoms with Crippen molar-refractivity contribution in [3.63, 3.8) is 0 Å². The fourth-order valence-corrected chi connectivity index (χ4v) is 5.42. The summed E-state index contributed by atoms with van der Waals surface area (Å²) in [5.41, 5.74) is 9.43. The fourth-order valence-electron chi connectivity index (χ4n) is 5.42. The number of aromatic hydroxyl groups is 2. The maximum absolute atomic E-state index is 13.9. The first kappa shape index (κ1) is 34.2. The molecule has 5 rings (SSSR count). The van der Waals surface area contributed by atoms with Crippen LogP contribution in [0.1, 0.15) is 22.4 Å². The highest BCUT2D eigenvalue weighted by Crippen LogP contribution is 2.20. The maximum Gasteiger partial charge on any atom is 0.326 e. The van der Waals surface area contributed by atoms with E-state index in [1.807, 2.05) is 24.3 Å². The van der Waals surface area contributed by atoms with Crippen molar-refractivity contribution in [2.45, 2.75) is 49.9 Å². The minimum atomic E-state index is -1.33. The fraction of sp³-hybridized carbons (Fsp3) is 0.229. The number of benzene rings is 3. The van der Waals surface area contributed by atoms with Crippen molar-refractivity contribution in [2.24, 2.45) is 5.73 Å². The lowest BCUT2D eigenvalue weighted by Crippen LogP contribution is -2.58. The number of rotatable bonds is 15. The molecule has 3 aromatic carbocycles. The van der Waals surface area contributed by atoms with Crippen molar-refractivity contribution >= 4 is 34.6 Å². The van der Waals surface area contributed by atoms with Crippen LogP contribution in [-0.2, 0) is 44.9 Å². The van der Waals surface area contributed by atoms with Crippen molar-refractivity contribution in [3.8, 4) is 11.5 Å². The molecule has 4 unspecified atom stereocenters. The number of aromatic nitrogens is 3. The Morgan fingerprint density at radius 2 is 1.24 bits per heavy atom. The molecule has 4 atom stereocenters. The zero-order valence-electron chi connectivity index (χ0n) is 26.3. The number of amides is 3. The van der Waals surface area contributed by atoms with Gasteiger partial charge in [0, 0.05) is 54.7 Å². The van der Waals surface area contributed by atoms with Gasteiger partial charge in [0.15, 0.2) is 0 Å². The first-order valence-electron chi connectivity index (χ1n) is 15.5. The average molecular weight is 668 g/mol. The van der Waals surface area contributed by atoms with Gasteiger partial charge in [-0.2, -0.15) is 0 Å². The number of phenols is 2. The molecule has 0 spiro atoms. The van der Waals surface area contributed by atoms with Crippen LogP contribution in [0.25, 0.3) is 10.9 Å². The maximum atomic E-state index is 13.9. The summed E-state index contributed by atoms with van der Waals surface area (Å²) < 4.78 is 0. The van der Waals surface area contributed by atoms with E-state index in [0.717, 1.165) is 10.9 Å². The van der Waals surface area contributed by atoms with Crippen LogP contribution in [0.15, 0.2) is 91.5 Å². The molecular formula is C35H37N7O7. The van der Waals surface area contributed by atoms with Crippen LogP contribution in [0.5, 0.6) is 11.5 Å². The number of nitrogens with zero attached hydrogens (tertiary/aromatic N) is 1.